The Morgan fingerprint density at radius 3 is 2.38 bits per heavy atom. The molecule has 9 heteroatoms. The smallest absolute Gasteiger partial charge is 0.353 e. The van der Waals surface area contributed by atoms with Crippen molar-refractivity contribution in [1.29, 1.82) is 0 Å². The average Bonchev–Trinajstić information content (AvgIpc) is 3.31. The molecule has 0 saturated heterocycles. The van der Waals surface area contributed by atoms with E-state index >= 15 is 0 Å². The van der Waals surface area contributed by atoms with Gasteiger partial charge in [-0.15, -0.1) is 5.10 Å². The van der Waals surface area contributed by atoms with E-state index < -0.39 is 5.69 Å². The summed E-state index contributed by atoms with van der Waals surface area (Å²) in [6, 6.07) is 13.6. The first kappa shape index (κ1) is 19.7. The number of pyridine rings is 1. The maximum atomic E-state index is 13.2. The highest BCUT2D eigenvalue weighted by molar-refractivity contribution is 5.90. The van der Waals surface area contributed by atoms with Gasteiger partial charge in [-0.3, -0.25) is 4.98 Å². The first-order valence-electron chi connectivity index (χ1n) is 10.1. The third kappa shape index (κ3) is 3.24. The van der Waals surface area contributed by atoms with Gasteiger partial charge in [0.1, 0.15) is 11.5 Å². The average molecular weight is 427 g/mol. The molecule has 0 aliphatic heterocycles. The normalized spacial score (nSPS) is 11.3. The van der Waals surface area contributed by atoms with E-state index in [2.05, 4.69) is 20.1 Å². The summed E-state index contributed by atoms with van der Waals surface area (Å²) in [4.78, 5) is 26.5. The molecule has 4 heterocycles. The number of nitrogen functional groups attached to an aromatic ring is 1. The lowest BCUT2D eigenvalue weighted by atomic mass is 9.99. The van der Waals surface area contributed by atoms with Crippen LogP contribution in [0.1, 0.15) is 22.8 Å². The van der Waals surface area contributed by atoms with E-state index in [4.69, 9.17) is 10.2 Å². The van der Waals surface area contributed by atoms with Gasteiger partial charge in [0, 0.05) is 17.0 Å². The highest BCUT2D eigenvalue weighted by atomic mass is 16.3. The van der Waals surface area contributed by atoms with Crippen LogP contribution in [0, 0.1) is 20.8 Å². The van der Waals surface area contributed by atoms with E-state index in [0.29, 0.717) is 28.4 Å². The molecule has 0 bridgehead atoms. The van der Waals surface area contributed by atoms with Crippen LogP contribution in [0.25, 0.3) is 28.0 Å². The Kier molecular flexibility index (Phi) is 4.58. The Morgan fingerprint density at radius 2 is 1.72 bits per heavy atom. The quantitative estimate of drug-likeness (QED) is 0.468. The third-order valence-corrected chi connectivity index (χ3v) is 5.32. The molecule has 0 spiro atoms. The van der Waals surface area contributed by atoms with Crippen LogP contribution >= 0.6 is 0 Å². The van der Waals surface area contributed by atoms with Crippen LogP contribution in [0.2, 0.25) is 0 Å². The summed E-state index contributed by atoms with van der Waals surface area (Å²) in [6.45, 7) is 5.81. The van der Waals surface area contributed by atoms with Crippen molar-refractivity contribution in [2.75, 3.05) is 5.73 Å². The molecule has 5 aromatic rings. The van der Waals surface area contributed by atoms with Gasteiger partial charge in [-0.2, -0.15) is 0 Å². The zero-order valence-corrected chi connectivity index (χ0v) is 17.9. The van der Waals surface area contributed by atoms with E-state index in [0.717, 1.165) is 22.5 Å². The van der Waals surface area contributed by atoms with E-state index in [9.17, 15) is 4.79 Å². The van der Waals surface area contributed by atoms with Gasteiger partial charge in [0.15, 0.2) is 12.0 Å². The summed E-state index contributed by atoms with van der Waals surface area (Å²) in [7, 11) is 0. The molecule has 0 saturated carbocycles. The fourth-order valence-corrected chi connectivity index (χ4v) is 3.88. The number of anilines is 1. The second kappa shape index (κ2) is 7.45. The Labute approximate surface area is 183 Å². The Bertz CT molecular complexity index is 1490. The van der Waals surface area contributed by atoms with E-state index in [1.165, 1.54) is 15.5 Å². The molecule has 0 amide bonds. The van der Waals surface area contributed by atoms with Crippen molar-refractivity contribution in [3.8, 4) is 22.4 Å². The molecule has 32 heavy (non-hydrogen) atoms. The summed E-state index contributed by atoms with van der Waals surface area (Å²) in [5.74, 6) is 0.698. The first-order valence-corrected chi connectivity index (χ1v) is 10.1. The Balaban J connectivity index is 1.84. The molecule has 2 N–H and O–H groups in total. The highest BCUT2D eigenvalue weighted by Crippen LogP contribution is 2.34. The Morgan fingerprint density at radius 1 is 1.00 bits per heavy atom. The zero-order valence-electron chi connectivity index (χ0n) is 17.9. The van der Waals surface area contributed by atoms with Crippen molar-refractivity contribution in [3.05, 3.63) is 82.2 Å². The van der Waals surface area contributed by atoms with Crippen molar-refractivity contribution >= 4 is 11.6 Å². The van der Waals surface area contributed by atoms with E-state index in [1.54, 1.807) is 6.92 Å². The monoisotopic (exact) mass is 427 g/mol. The molecular weight excluding hydrogens is 406 g/mol. The second-order valence-electron chi connectivity index (χ2n) is 7.65. The minimum atomic E-state index is -0.393. The van der Waals surface area contributed by atoms with Crippen LogP contribution in [0.15, 0.2) is 58.1 Å². The molecule has 0 radical (unpaired) electrons. The Hall–Kier alpha value is -4.27. The molecule has 160 valence electrons. The molecule has 4 aromatic heterocycles. The topological polar surface area (TPSA) is 117 Å². The van der Waals surface area contributed by atoms with Gasteiger partial charge in [-0.1, -0.05) is 30.3 Å². The van der Waals surface area contributed by atoms with Crippen molar-refractivity contribution < 1.29 is 4.42 Å². The zero-order chi connectivity index (χ0) is 22.4. The SMILES string of the molecule is Cc1cc(-c2c(-c3ccccc3)nc(N)n3c(=O)n(Cc4ncoc4C)nc23)cc(C)n1. The molecule has 0 fully saturated rings. The fourth-order valence-electron chi connectivity index (χ4n) is 3.88. The fraction of sp³-hybridized carbons (Fsp3) is 0.174. The largest absolute Gasteiger partial charge is 0.448 e. The predicted octanol–water partition coefficient (Wildman–Crippen LogP) is 3.16. The predicted molar refractivity (Wildman–Crippen MR) is 120 cm³/mol. The molecule has 0 unspecified atom stereocenters. The van der Waals surface area contributed by atoms with Crippen LogP contribution in [0.5, 0.6) is 0 Å². The summed E-state index contributed by atoms with van der Waals surface area (Å²) < 4.78 is 7.93. The van der Waals surface area contributed by atoms with Gasteiger partial charge in [0.25, 0.3) is 0 Å². The van der Waals surface area contributed by atoms with Crippen LogP contribution in [-0.2, 0) is 6.54 Å². The van der Waals surface area contributed by atoms with Crippen molar-refractivity contribution in [3.63, 3.8) is 0 Å². The van der Waals surface area contributed by atoms with Gasteiger partial charge in [0.2, 0.25) is 5.95 Å². The van der Waals surface area contributed by atoms with Crippen LogP contribution < -0.4 is 11.4 Å². The summed E-state index contributed by atoms with van der Waals surface area (Å²) in [6.07, 6.45) is 1.35. The number of fused-ring (bicyclic) bond motifs is 1. The standard InChI is InChI=1S/C23H21N7O2/c1-13-9-17(10-14(2)26-13)19-20(16-7-5-4-6-8-16)27-22(24)30-21(19)28-29(23(30)31)11-18-15(3)32-12-25-18/h4-10,12H,11H2,1-3H3,(H2,24,27). The minimum Gasteiger partial charge on any atom is -0.448 e. The van der Waals surface area contributed by atoms with Crippen LogP contribution in [0.4, 0.5) is 5.95 Å². The van der Waals surface area contributed by atoms with Gasteiger partial charge in [0.05, 0.1) is 17.8 Å². The van der Waals surface area contributed by atoms with E-state index in [-0.39, 0.29) is 12.5 Å². The number of nitrogens with two attached hydrogens (primary N) is 1. The van der Waals surface area contributed by atoms with Crippen molar-refractivity contribution in [2.45, 2.75) is 27.3 Å². The molecular formula is C23H21N7O2. The van der Waals surface area contributed by atoms with Gasteiger partial charge >= 0.3 is 5.69 Å². The lowest BCUT2D eigenvalue weighted by molar-refractivity contribution is 0.521. The molecule has 0 atom stereocenters. The third-order valence-electron chi connectivity index (χ3n) is 5.32. The maximum Gasteiger partial charge on any atom is 0.353 e. The lowest BCUT2D eigenvalue weighted by Crippen LogP contribution is -2.24. The van der Waals surface area contributed by atoms with Crippen LogP contribution in [-0.4, -0.2) is 29.1 Å². The number of rotatable bonds is 4. The second-order valence-corrected chi connectivity index (χ2v) is 7.65. The summed E-state index contributed by atoms with van der Waals surface area (Å²) >= 11 is 0. The molecule has 1 aromatic carbocycles. The summed E-state index contributed by atoms with van der Waals surface area (Å²) in [5, 5.41) is 4.66. The maximum absolute atomic E-state index is 13.2. The minimum absolute atomic E-state index is 0.0678. The molecule has 0 aliphatic rings. The van der Waals surface area contributed by atoms with Crippen molar-refractivity contribution in [2.24, 2.45) is 0 Å². The number of benzene rings is 1. The van der Waals surface area contributed by atoms with Gasteiger partial charge < -0.3 is 10.2 Å². The number of nitrogens with zero attached hydrogens (tertiary/aromatic N) is 6. The molecule has 5 rings (SSSR count). The number of hydrogen-bond donors (Lipinski definition) is 1. The first-order chi connectivity index (χ1) is 15.4. The van der Waals surface area contributed by atoms with Gasteiger partial charge in [-0.25, -0.2) is 23.8 Å². The summed E-state index contributed by atoms with van der Waals surface area (Å²) in [5.41, 5.74) is 11.7. The highest BCUT2D eigenvalue weighted by Gasteiger charge is 2.22. The number of hydrogen-bond acceptors (Lipinski definition) is 7. The molecule has 0 aliphatic carbocycles. The number of aryl methyl sites for hydroxylation is 3. The lowest BCUT2D eigenvalue weighted by Gasteiger charge is -2.13. The van der Waals surface area contributed by atoms with Crippen molar-refractivity contribution in [1.82, 2.24) is 29.1 Å². The van der Waals surface area contributed by atoms with E-state index in [1.807, 2.05) is 56.3 Å². The van der Waals surface area contributed by atoms with Crippen LogP contribution in [0.3, 0.4) is 0 Å². The molecule has 9 nitrogen and oxygen atoms in total. The number of oxazole rings is 1. The number of aromatic nitrogens is 6. The van der Waals surface area contributed by atoms with Gasteiger partial charge in [-0.05, 0) is 38.5 Å².